The number of ether oxygens (including phenoxy) is 1. The van der Waals surface area contributed by atoms with Gasteiger partial charge in [0.05, 0.1) is 0 Å². The van der Waals surface area contributed by atoms with Crippen molar-refractivity contribution in [3.05, 3.63) is 228 Å². The molecule has 0 spiro atoms. The van der Waals surface area contributed by atoms with Crippen LogP contribution >= 0.6 is 0 Å². The van der Waals surface area contributed by atoms with E-state index in [2.05, 4.69) is 259 Å². The van der Waals surface area contributed by atoms with Crippen molar-refractivity contribution < 1.29 is 25.8 Å². The van der Waals surface area contributed by atoms with Crippen molar-refractivity contribution in [1.82, 2.24) is 9.55 Å². The van der Waals surface area contributed by atoms with E-state index >= 15 is 0 Å². The van der Waals surface area contributed by atoms with Crippen molar-refractivity contribution in [2.24, 2.45) is 0 Å². The maximum atomic E-state index is 6.91. The van der Waals surface area contributed by atoms with Gasteiger partial charge in [-0.3, -0.25) is 0 Å². The Morgan fingerprint density at radius 2 is 1.25 bits per heavy atom. The van der Waals surface area contributed by atoms with Gasteiger partial charge < -0.3 is 19.1 Å². The molecule has 69 heavy (non-hydrogen) atoms. The molecule has 0 saturated heterocycles. The molecule has 0 saturated carbocycles. The van der Waals surface area contributed by atoms with E-state index in [1.807, 2.05) is 12.3 Å². The average Bonchev–Trinajstić information content (AvgIpc) is 3.94. The molecule has 0 aliphatic carbocycles. The number of fused-ring (bicyclic) bond motifs is 3. The van der Waals surface area contributed by atoms with E-state index in [1.165, 1.54) is 33.4 Å². The summed E-state index contributed by atoms with van der Waals surface area (Å²) in [4.78, 5) is 9.48. The second-order valence-corrected chi connectivity index (χ2v) is 20.2. The first-order chi connectivity index (χ1) is 32.7. The SMILES string of the molecule is CC(C)c1cccc(C(C)C)c1C1=CN(c2[c-]c(Oc3[c-]c4c(cc3)c3ccccc3n4-c3cc(C(C)(C)C)ccn3)cc(-c3ccccc3)c2)[CH-]N1c1cccc(C(C)(C)c2ccccc2)c1.[Pt]. The molecule has 1 aliphatic heterocycles. The van der Waals surface area contributed by atoms with Crippen LogP contribution in [0, 0.1) is 18.8 Å². The third-order valence-electron chi connectivity index (χ3n) is 13.6. The van der Waals surface area contributed by atoms with Gasteiger partial charge in [-0.25, -0.2) is 4.98 Å². The van der Waals surface area contributed by atoms with Gasteiger partial charge >= 0.3 is 0 Å². The van der Waals surface area contributed by atoms with Gasteiger partial charge in [-0.1, -0.05) is 177 Å². The normalized spacial score (nSPS) is 13.1. The Hall–Kier alpha value is -6.68. The summed E-state index contributed by atoms with van der Waals surface area (Å²) < 4.78 is 9.12. The molecule has 0 radical (unpaired) electrons. The molecule has 9 aromatic rings. The minimum absolute atomic E-state index is 0. The van der Waals surface area contributed by atoms with Gasteiger partial charge in [0.15, 0.2) is 0 Å². The first kappa shape index (κ1) is 47.4. The molecule has 0 bridgehead atoms. The smallest absolute Gasteiger partial charge is 0.135 e. The zero-order valence-electron chi connectivity index (χ0n) is 41.0. The molecule has 7 aromatic carbocycles. The van der Waals surface area contributed by atoms with Crippen LogP contribution in [0.3, 0.4) is 0 Å². The molecular weight excluding hydrogens is 1020 g/mol. The zero-order valence-corrected chi connectivity index (χ0v) is 43.3. The van der Waals surface area contributed by atoms with Crippen LogP contribution in [0.1, 0.15) is 108 Å². The van der Waals surface area contributed by atoms with Gasteiger partial charge in [-0.15, -0.1) is 53.6 Å². The van der Waals surface area contributed by atoms with E-state index in [1.54, 1.807) is 0 Å². The molecule has 0 N–H and O–H groups in total. The van der Waals surface area contributed by atoms with Gasteiger partial charge in [0.1, 0.15) is 5.82 Å². The minimum Gasteiger partial charge on any atom is -0.509 e. The van der Waals surface area contributed by atoms with Crippen LogP contribution < -0.4 is 14.5 Å². The number of hydrogen-bond donors (Lipinski definition) is 0. The van der Waals surface area contributed by atoms with Crippen molar-refractivity contribution in [2.75, 3.05) is 9.80 Å². The monoisotopic (exact) mass is 1080 g/mol. The first-order valence-corrected chi connectivity index (χ1v) is 23.9. The molecular formula is C63H59N4OPt-3. The van der Waals surface area contributed by atoms with Gasteiger partial charge in [-0.2, -0.15) is 6.07 Å². The maximum absolute atomic E-state index is 6.91. The fraction of sp³-hybridized carbons (Fsp3) is 0.206. The van der Waals surface area contributed by atoms with Crippen LogP contribution in [-0.2, 0) is 31.9 Å². The zero-order chi connectivity index (χ0) is 47.3. The van der Waals surface area contributed by atoms with Crippen LogP contribution in [0.15, 0.2) is 176 Å². The van der Waals surface area contributed by atoms with E-state index in [9.17, 15) is 0 Å². The summed E-state index contributed by atoms with van der Waals surface area (Å²) in [7, 11) is 0. The van der Waals surface area contributed by atoms with Crippen LogP contribution in [-0.4, -0.2) is 9.55 Å². The number of pyridine rings is 1. The van der Waals surface area contributed by atoms with E-state index < -0.39 is 0 Å². The molecule has 350 valence electrons. The summed E-state index contributed by atoms with van der Waals surface area (Å²) in [5.74, 6) is 2.65. The predicted molar refractivity (Wildman–Crippen MR) is 284 cm³/mol. The van der Waals surface area contributed by atoms with Gasteiger partial charge in [0.2, 0.25) is 0 Å². The molecule has 0 atom stereocenters. The Bertz CT molecular complexity index is 3300. The average molecular weight is 1080 g/mol. The minimum atomic E-state index is -0.217. The molecule has 1 aliphatic rings. The Labute approximate surface area is 423 Å². The Kier molecular flexibility index (Phi) is 13.1. The van der Waals surface area contributed by atoms with Crippen molar-refractivity contribution in [3.8, 4) is 28.4 Å². The molecule has 0 fully saturated rings. The number of rotatable bonds is 11. The van der Waals surface area contributed by atoms with Gasteiger partial charge in [-0.05, 0) is 92.5 Å². The molecule has 3 heterocycles. The molecule has 10 rings (SSSR count). The maximum Gasteiger partial charge on any atom is 0.135 e. The summed E-state index contributed by atoms with van der Waals surface area (Å²) >= 11 is 0. The number of aromatic nitrogens is 2. The van der Waals surface area contributed by atoms with Crippen molar-refractivity contribution in [3.63, 3.8) is 0 Å². The van der Waals surface area contributed by atoms with E-state index in [-0.39, 0.29) is 31.9 Å². The number of nitrogens with zero attached hydrogens (tertiary/aromatic N) is 4. The molecule has 0 unspecified atom stereocenters. The van der Waals surface area contributed by atoms with Crippen molar-refractivity contribution in [2.45, 2.75) is 85.0 Å². The Morgan fingerprint density at radius 3 is 1.96 bits per heavy atom. The van der Waals surface area contributed by atoms with Gasteiger partial charge in [0.25, 0.3) is 0 Å². The molecule has 2 aromatic heterocycles. The quantitative estimate of drug-likeness (QED) is 0.121. The van der Waals surface area contributed by atoms with Crippen LogP contribution in [0.2, 0.25) is 0 Å². The van der Waals surface area contributed by atoms with Crippen molar-refractivity contribution >= 4 is 38.9 Å². The fourth-order valence-corrected chi connectivity index (χ4v) is 9.67. The van der Waals surface area contributed by atoms with Crippen LogP contribution in [0.25, 0.3) is 44.4 Å². The summed E-state index contributed by atoms with van der Waals surface area (Å²) in [6.45, 7) is 22.7. The Balaban J connectivity index is 0.00000593. The summed E-state index contributed by atoms with van der Waals surface area (Å²) in [5.41, 5.74) is 14.5. The molecule has 5 nitrogen and oxygen atoms in total. The van der Waals surface area contributed by atoms with E-state index in [4.69, 9.17) is 9.72 Å². The summed E-state index contributed by atoms with van der Waals surface area (Å²) in [6.07, 6.45) is 4.19. The number of para-hydroxylation sites is 1. The second-order valence-electron chi connectivity index (χ2n) is 20.2. The topological polar surface area (TPSA) is 33.5 Å². The first-order valence-electron chi connectivity index (χ1n) is 23.9. The Morgan fingerprint density at radius 1 is 0.580 bits per heavy atom. The van der Waals surface area contributed by atoms with Crippen LogP contribution in [0.4, 0.5) is 11.4 Å². The number of anilines is 2. The van der Waals surface area contributed by atoms with Crippen molar-refractivity contribution in [1.29, 1.82) is 0 Å². The second kappa shape index (κ2) is 19.0. The van der Waals surface area contributed by atoms with Gasteiger partial charge in [0, 0.05) is 66.6 Å². The number of hydrogen-bond acceptors (Lipinski definition) is 4. The largest absolute Gasteiger partial charge is 0.509 e. The predicted octanol–water partition coefficient (Wildman–Crippen LogP) is 16.6. The third-order valence-corrected chi connectivity index (χ3v) is 13.6. The summed E-state index contributed by atoms with van der Waals surface area (Å²) in [6, 6.07) is 65.8. The molecule has 0 amide bonds. The fourth-order valence-electron chi connectivity index (χ4n) is 9.67. The van der Waals surface area contributed by atoms with Crippen LogP contribution in [0.5, 0.6) is 11.5 Å². The summed E-state index contributed by atoms with van der Waals surface area (Å²) in [5, 5.41) is 2.22. The van der Waals surface area contributed by atoms with E-state index in [0.29, 0.717) is 23.3 Å². The van der Waals surface area contributed by atoms with E-state index in [0.717, 1.165) is 55.8 Å². The standard InChI is InChI=1S/C63H59N4O.Pt/c1-42(2)53-27-19-28-54(43(3)4)61(53)59-40-65(41-66(59)49-25-18-24-48(36-49)63(8,9)46-22-14-11-15-23-46)50-34-45(44-20-12-10-13-21-44)35-52(38-50)68-51-30-31-56-55-26-16-17-29-57(55)67(58(56)39-51)60-37-47(32-33-64-60)62(5,6)7;/h10-37,40-43H,1-9H3;/q-3;. The number of benzene rings is 7. The molecule has 6 heteroatoms. The third kappa shape index (κ3) is 9.18.